The molecule has 0 aliphatic rings. The van der Waals surface area contributed by atoms with Gasteiger partial charge in [-0.1, -0.05) is 6.07 Å². The number of rotatable bonds is 8. The third-order valence-electron chi connectivity index (χ3n) is 4.12. The van der Waals surface area contributed by atoms with Crippen molar-refractivity contribution >= 4 is 29.3 Å². The van der Waals surface area contributed by atoms with Crippen LogP contribution in [0, 0.1) is 0 Å². The Hall–Kier alpha value is -2.67. The number of benzene rings is 2. The van der Waals surface area contributed by atoms with Gasteiger partial charge in [-0.25, -0.2) is 0 Å². The van der Waals surface area contributed by atoms with Gasteiger partial charge in [0.15, 0.2) is 11.5 Å². The highest BCUT2D eigenvalue weighted by atomic mass is 32.2. The van der Waals surface area contributed by atoms with Crippen LogP contribution in [0.15, 0.2) is 47.4 Å². The molecule has 0 aliphatic carbocycles. The summed E-state index contributed by atoms with van der Waals surface area (Å²) in [7, 11) is 3.17. The smallest absolute Gasteiger partial charge is 0.233 e. The van der Waals surface area contributed by atoms with Gasteiger partial charge < -0.3 is 20.1 Å². The van der Waals surface area contributed by atoms with Gasteiger partial charge >= 0.3 is 0 Å². The first-order valence-corrected chi connectivity index (χ1v) is 9.78. The van der Waals surface area contributed by atoms with E-state index in [4.69, 9.17) is 9.47 Å². The van der Waals surface area contributed by atoms with Crippen molar-refractivity contribution in [2.24, 2.45) is 0 Å². The molecular weight excluding hydrogens is 376 g/mol. The van der Waals surface area contributed by atoms with Crippen LogP contribution >= 0.6 is 11.8 Å². The largest absolute Gasteiger partial charge is 0.493 e. The number of carbonyl (C=O) groups is 2. The minimum absolute atomic E-state index is 0.0572. The molecule has 2 atom stereocenters. The zero-order valence-electron chi connectivity index (χ0n) is 16.7. The van der Waals surface area contributed by atoms with Gasteiger partial charge in [0.05, 0.1) is 25.5 Å². The first kappa shape index (κ1) is 21.6. The Kier molecular flexibility index (Phi) is 7.75. The highest BCUT2D eigenvalue weighted by Gasteiger charge is 2.18. The Labute approximate surface area is 170 Å². The number of amides is 2. The van der Waals surface area contributed by atoms with Crippen molar-refractivity contribution in [3.8, 4) is 11.5 Å². The number of nitrogens with one attached hydrogen (secondary N) is 2. The average molecular weight is 403 g/mol. The van der Waals surface area contributed by atoms with Gasteiger partial charge in [0, 0.05) is 17.5 Å². The van der Waals surface area contributed by atoms with E-state index < -0.39 is 0 Å². The lowest BCUT2D eigenvalue weighted by atomic mass is 10.1. The average Bonchev–Trinajstić information content (AvgIpc) is 2.68. The molecule has 7 heteroatoms. The van der Waals surface area contributed by atoms with Crippen LogP contribution in [0.3, 0.4) is 0 Å². The van der Waals surface area contributed by atoms with E-state index in [1.165, 1.54) is 18.7 Å². The standard InChI is InChI=1S/C21H26N2O4S/c1-13(16-6-11-19(26-4)20(12-16)27-5)22-21(25)14(2)28-18-9-7-17(8-10-18)23-15(3)24/h6-14H,1-5H3,(H,22,25)(H,23,24). The van der Waals surface area contributed by atoms with E-state index in [-0.39, 0.29) is 23.1 Å². The lowest BCUT2D eigenvalue weighted by Gasteiger charge is -2.19. The lowest BCUT2D eigenvalue weighted by Crippen LogP contribution is -2.33. The minimum atomic E-state index is -0.269. The van der Waals surface area contributed by atoms with E-state index in [1.807, 2.05) is 56.3 Å². The molecule has 2 aromatic carbocycles. The van der Waals surface area contributed by atoms with E-state index in [0.29, 0.717) is 11.5 Å². The molecule has 0 saturated heterocycles. The fourth-order valence-corrected chi connectivity index (χ4v) is 3.49. The predicted octanol–water partition coefficient (Wildman–Crippen LogP) is 4.02. The van der Waals surface area contributed by atoms with Crippen LogP contribution in [0.1, 0.15) is 32.4 Å². The van der Waals surface area contributed by atoms with Gasteiger partial charge in [0.2, 0.25) is 11.8 Å². The number of carbonyl (C=O) groups excluding carboxylic acids is 2. The molecule has 0 saturated carbocycles. The Balaban J connectivity index is 1.97. The first-order chi connectivity index (χ1) is 13.3. The van der Waals surface area contributed by atoms with Gasteiger partial charge in [-0.3, -0.25) is 9.59 Å². The summed E-state index contributed by atoms with van der Waals surface area (Å²) in [6, 6.07) is 12.8. The molecule has 0 radical (unpaired) electrons. The number of methoxy groups -OCH3 is 2. The van der Waals surface area contributed by atoms with E-state index in [9.17, 15) is 9.59 Å². The molecule has 2 N–H and O–H groups in total. The molecule has 0 spiro atoms. The number of hydrogen-bond acceptors (Lipinski definition) is 5. The quantitative estimate of drug-likeness (QED) is 0.652. The van der Waals surface area contributed by atoms with Crippen molar-refractivity contribution in [3.05, 3.63) is 48.0 Å². The molecule has 2 unspecified atom stereocenters. The number of ether oxygens (including phenoxy) is 2. The zero-order chi connectivity index (χ0) is 20.7. The van der Waals surface area contributed by atoms with Crippen LogP contribution in [-0.4, -0.2) is 31.3 Å². The fourth-order valence-electron chi connectivity index (χ4n) is 2.61. The third kappa shape index (κ3) is 5.92. The topological polar surface area (TPSA) is 76.7 Å². The highest BCUT2D eigenvalue weighted by Crippen LogP contribution is 2.30. The summed E-state index contributed by atoms with van der Waals surface area (Å²) < 4.78 is 10.6. The second-order valence-electron chi connectivity index (χ2n) is 6.31. The third-order valence-corrected chi connectivity index (χ3v) is 5.24. The lowest BCUT2D eigenvalue weighted by molar-refractivity contribution is -0.121. The van der Waals surface area contributed by atoms with Crippen LogP contribution in [0.5, 0.6) is 11.5 Å². The SMILES string of the molecule is COc1ccc(C(C)NC(=O)C(C)Sc2ccc(NC(C)=O)cc2)cc1OC. The molecule has 0 heterocycles. The molecular formula is C21H26N2O4S. The normalized spacial score (nSPS) is 12.6. The van der Waals surface area contributed by atoms with Crippen molar-refractivity contribution in [2.75, 3.05) is 19.5 Å². The fraction of sp³-hybridized carbons (Fsp3) is 0.333. The van der Waals surface area contributed by atoms with Crippen LogP contribution in [0.4, 0.5) is 5.69 Å². The minimum Gasteiger partial charge on any atom is -0.493 e. The van der Waals surface area contributed by atoms with Crippen molar-refractivity contribution in [1.82, 2.24) is 5.32 Å². The van der Waals surface area contributed by atoms with Crippen LogP contribution in [0.2, 0.25) is 0 Å². The Bertz CT molecular complexity index is 824. The first-order valence-electron chi connectivity index (χ1n) is 8.90. The van der Waals surface area contributed by atoms with E-state index >= 15 is 0 Å². The van der Waals surface area contributed by atoms with Crippen molar-refractivity contribution in [3.63, 3.8) is 0 Å². The van der Waals surface area contributed by atoms with Crippen molar-refractivity contribution < 1.29 is 19.1 Å². The molecule has 6 nitrogen and oxygen atoms in total. The second-order valence-corrected chi connectivity index (χ2v) is 7.72. The summed E-state index contributed by atoms with van der Waals surface area (Å²) in [5, 5.41) is 5.48. The van der Waals surface area contributed by atoms with Crippen LogP contribution in [-0.2, 0) is 9.59 Å². The molecule has 2 rings (SSSR count). The molecule has 0 aromatic heterocycles. The summed E-state index contributed by atoms with van der Waals surface area (Å²) in [4.78, 5) is 24.6. The highest BCUT2D eigenvalue weighted by molar-refractivity contribution is 8.00. The maximum atomic E-state index is 12.6. The summed E-state index contributed by atoms with van der Waals surface area (Å²) in [5.74, 6) is 1.11. The van der Waals surface area contributed by atoms with E-state index in [1.54, 1.807) is 14.2 Å². The van der Waals surface area contributed by atoms with Gasteiger partial charge in [-0.2, -0.15) is 0 Å². The molecule has 0 fully saturated rings. The van der Waals surface area contributed by atoms with Crippen LogP contribution < -0.4 is 20.1 Å². The van der Waals surface area contributed by atoms with Gasteiger partial charge in [-0.15, -0.1) is 11.8 Å². The Morgan fingerprint density at radius 3 is 2.18 bits per heavy atom. The molecule has 0 aliphatic heterocycles. The van der Waals surface area contributed by atoms with Crippen molar-refractivity contribution in [2.45, 2.75) is 37.0 Å². The zero-order valence-corrected chi connectivity index (χ0v) is 17.6. The maximum Gasteiger partial charge on any atom is 0.233 e. The van der Waals surface area contributed by atoms with E-state index in [0.717, 1.165) is 16.1 Å². The van der Waals surface area contributed by atoms with Crippen LogP contribution in [0.25, 0.3) is 0 Å². The molecule has 2 amide bonds. The Morgan fingerprint density at radius 2 is 1.61 bits per heavy atom. The summed E-state index contributed by atoms with van der Waals surface area (Å²) in [5.41, 5.74) is 1.67. The molecule has 0 bridgehead atoms. The maximum absolute atomic E-state index is 12.6. The molecule has 2 aromatic rings. The summed E-state index contributed by atoms with van der Waals surface area (Å²) >= 11 is 1.46. The predicted molar refractivity (Wildman–Crippen MR) is 112 cm³/mol. The number of thioether (sulfide) groups is 1. The second kappa shape index (κ2) is 10.0. The van der Waals surface area contributed by atoms with Gasteiger partial charge in [-0.05, 0) is 55.8 Å². The molecule has 150 valence electrons. The van der Waals surface area contributed by atoms with Crippen molar-refractivity contribution in [1.29, 1.82) is 0 Å². The summed E-state index contributed by atoms with van der Waals surface area (Å²) in [6.45, 7) is 5.26. The Morgan fingerprint density at radius 1 is 0.964 bits per heavy atom. The monoisotopic (exact) mass is 402 g/mol. The molecule has 28 heavy (non-hydrogen) atoms. The number of hydrogen-bond donors (Lipinski definition) is 2. The summed E-state index contributed by atoms with van der Waals surface area (Å²) in [6.07, 6.45) is 0. The van der Waals surface area contributed by atoms with E-state index in [2.05, 4.69) is 10.6 Å². The van der Waals surface area contributed by atoms with Gasteiger partial charge in [0.25, 0.3) is 0 Å². The number of anilines is 1. The van der Waals surface area contributed by atoms with Gasteiger partial charge in [0.1, 0.15) is 0 Å².